The maximum Gasteiger partial charge on any atom is 0.320 e. The molecular weight excluding hydrogens is 300 g/mol. The third-order valence-electron chi connectivity index (χ3n) is 3.58. The molecule has 6 nitrogen and oxygen atoms in total. The van der Waals surface area contributed by atoms with E-state index < -0.39 is 0 Å². The number of rotatable bonds is 4. The Labute approximate surface area is 132 Å². The second-order valence-electron chi connectivity index (χ2n) is 5.20. The van der Waals surface area contributed by atoms with Crippen LogP contribution in [0.3, 0.4) is 0 Å². The van der Waals surface area contributed by atoms with Crippen molar-refractivity contribution in [1.29, 1.82) is 0 Å². The topological polar surface area (TPSA) is 76.1 Å². The molecular formula is C15H18N4O2S. The van der Waals surface area contributed by atoms with Crippen LogP contribution in [-0.4, -0.2) is 28.1 Å². The molecule has 0 radical (unpaired) electrons. The van der Waals surface area contributed by atoms with E-state index in [0.29, 0.717) is 6.01 Å². The molecule has 0 bridgehead atoms. The second kappa shape index (κ2) is 7.22. The predicted molar refractivity (Wildman–Crippen MR) is 85.2 cm³/mol. The number of urea groups is 1. The van der Waals surface area contributed by atoms with E-state index in [1.165, 1.54) is 11.3 Å². The molecule has 3 rings (SSSR count). The molecule has 0 atom stereocenters. The van der Waals surface area contributed by atoms with Crippen LogP contribution in [0.5, 0.6) is 6.01 Å². The van der Waals surface area contributed by atoms with Gasteiger partial charge in [-0.2, -0.15) is 0 Å². The first-order valence-corrected chi connectivity index (χ1v) is 8.22. The summed E-state index contributed by atoms with van der Waals surface area (Å²) in [7, 11) is 0. The molecule has 1 aliphatic rings. The van der Waals surface area contributed by atoms with Crippen LogP contribution in [0.2, 0.25) is 0 Å². The van der Waals surface area contributed by atoms with Crippen LogP contribution < -0.4 is 15.4 Å². The van der Waals surface area contributed by atoms with E-state index in [4.69, 9.17) is 4.74 Å². The third-order valence-corrected chi connectivity index (χ3v) is 4.37. The Morgan fingerprint density at radius 1 is 1.18 bits per heavy atom. The summed E-state index contributed by atoms with van der Waals surface area (Å²) >= 11 is 1.51. The van der Waals surface area contributed by atoms with Crippen LogP contribution in [0.15, 0.2) is 36.0 Å². The van der Waals surface area contributed by atoms with Gasteiger partial charge in [0.2, 0.25) is 0 Å². The van der Waals surface area contributed by atoms with Crippen molar-refractivity contribution < 1.29 is 9.53 Å². The van der Waals surface area contributed by atoms with Crippen molar-refractivity contribution in [1.82, 2.24) is 15.3 Å². The zero-order chi connectivity index (χ0) is 15.2. The summed E-state index contributed by atoms with van der Waals surface area (Å²) in [6, 6.07) is 6.03. The van der Waals surface area contributed by atoms with Gasteiger partial charge < -0.3 is 10.1 Å². The molecule has 1 fully saturated rings. The predicted octanol–water partition coefficient (Wildman–Crippen LogP) is 3.05. The molecule has 1 saturated carbocycles. The number of ether oxygens (including phenoxy) is 1. The lowest BCUT2D eigenvalue weighted by atomic mass is 9.93. The minimum Gasteiger partial charge on any atom is -0.460 e. The van der Waals surface area contributed by atoms with E-state index in [1.807, 2.05) is 17.5 Å². The van der Waals surface area contributed by atoms with Gasteiger partial charge in [0.25, 0.3) is 0 Å². The number of nitrogens with one attached hydrogen (secondary N) is 2. The number of anilines is 1. The highest BCUT2D eigenvalue weighted by Crippen LogP contribution is 2.22. The Balaban J connectivity index is 1.41. The van der Waals surface area contributed by atoms with E-state index >= 15 is 0 Å². The molecule has 116 valence electrons. The third kappa shape index (κ3) is 4.17. The largest absolute Gasteiger partial charge is 0.460 e. The molecule has 22 heavy (non-hydrogen) atoms. The summed E-state index contributed by atoms with van der Waals surface area (Å²) in [5.74, 6) is 0. The Morgan fingerprint density at radius 2 is 1.95 bits per heavy atom. The van der Waals surface area contributed by atoms with E-state index in [1.54, 1.807) is 18.5 Å². The summed E-state index contributed by atoms with van der Waals surface area (Å²) in [5.41, 5.74) is 0. The van der Waals surface area contributed by atoms with E-state index in [9.17, 15) is 4.79 Å². The highest BCUT2D eigenvalue weighted by atomic mass is 32.1. The fraction of sp³-hybridized carbons (Fsp3) is 0.400. The van der Waals surface area contributed by atoms with Gasteiger partial charge in [0.05, 0.1) is 5.00 Å². The first-order valence-electron chi connectivity index (χ1n) is 7.34. The lowest BCUT2D eigenvalue weighted by Crippen LogP contribution is -2.41. The van der Waals surface area contributed by atoms with Gasteiger partial charge in [-0.3, -0.25) is 5.32 Å². The van der Waals surface area contributed by atoms with Crippen molar-refractivity contribution in [3.05, 3.63) is 36.0 Å². The lowest BCUT2D eigenvalue weighted by molar-refractivity contribution is 0.129. The number of hydrogen-bond acceptors (Lipinski definition) is 5. The molecule has 0 aliphatic heterocycles. The molecule has 2 aromatic rings. The minimum absolute atomic E-state index is 0.126. The van der Waals surface area contributed by atoms with Crippen LogP contribution in [0.25, 0.3) is 0 Å². The highest BCUT2D eigenvalue weighted by molar-refractivity contribution is 7.14. The van der Waals surface area contributed by atoms with Gasteiger partial charge in [-0.05, 0) is 49.3 Å². The second-order valence-corrected chi connectivity index (χ2v) is 6.15. The van der Waals surface area contributed by atoms with Crippen LogP contribution in [0.4, 0.5) is 9.80 Å². The first kappa shape index (κ1) is 14.8. The van der Waals surface area contributed by atoms with Crippen molar-refractivity contribution in [2.24, 2.45) is 0 Å². The van der Waals surface area contributed by atoms with Gasteiger partial charge in [0.1, 0.15) is 6.10 Å². The number of nitrogens with zero attached hydrogens (tertiary/aromatic N) is 2. The van der Waals surface area contributed by atoms with Gasteiger partial charge in [-0.1, -0.05) is 0 Å². The molecule has 2 N–H and O–H groups in total. The highest BCUT2D eigenvalue weighted by Gasteiger charge is 2.24. The van der Waals surface area contributed by atoms with Gasteiger partial charge in [0, 0.05) is 18.4 Å². The average molecular weight is 318 g/mol. The fourth-order valence-corrected chi connectivity index (χ4v) is 3.12. The summed E-state index contributed by atoms with van der Waals surface area (Å²) in [4.78, 5) is 20.0. The summed E-state index contributed by atoms with van der Waals surface area (Å²) in [6.45, 7) is 0. The van der Waals surface area contributed by atoms with Gasteiger partial charge in [-0.25, -0.2) is 14.8 Å². The molecule has 2 heterocycles. The Kier molecular flexibility index (Phi) is 4.85. The molecule has 0 spiro atoms. The van der Waals surface area contributed by atoms with Crippen molar-refractivity contribution in [2.45, 2.75) is 37.8 Å². The van der Waals surface area contributed by atoms with Crippen LogP contribution in [0, 0.1) is 0 Å². The smallest absolute Gasteiger partial charge is 0.320 e. The van der Waals surface area contributed by atoms with Crippen molar-refractivity contribution in [3.8, 4) is 6.01 Å². The van der Waals surface area contributed by atoms with E-state index in [-0.39, 0.29) is 18.2 Å². The number of carbonyl (C=O) groups is 1. The zero-order valence-electron chi connectivity index (χ0n) is 12.1. The fourth-order valence-electron chi connectivity index (χ4n) is 2.50. The molecule has 2 aromatic heterocycles. The lowest BCUT2D eigenvalue weighted by Gasteiger charge is -2.28. The Hall–Kier alpha value is -2.15. The SMILES string of the molecule is O=C(Nc1cccs1)NC1CCC(Oc2ncccn2)CC1. The van der Waals surface area contributed by atoms with Gasteiger partial charge >= 0.3 is 12.0 Å². The Bertz CT molecular complexity index is 583. The summed E-state index contributed by atoms with van der Waals surface area (Å²) in [5, 5.41) is 8.64. The van der Waals surface area contributed by atoms with Gasteiger partial charge in [0.15, 0.2) is 0 Å². The van der Waals surface area contributed by atoms with Gasteiger partial charge in [-0.15, -0.1) is 11.3 Å². The van der Waals surface area contributed by atoms with E-state index in [2.05, 4.69) is 20.6 Å². The number of carbonyl (C=O) groups excluding carboxylic acids is 1. The summed E-state index contributed by atoms with van der Waals surface area (Å²) < 4.78 is 5.74. The molecule has 7 heteroatoms. The number of amides is 2. The quantitative estimate of drug-likeness (QED) is 0.908. The molecule has 0 aromatic carbocycles. The number of thiophene rings is 1. The maximum absolute atomic E-state index is 11.9. The average Bonchev–Trinajstić information content (AvgIpc) is 3.03. The molecule has 0 unspecified atom stereocenters. The van der Waals surface area contributed by atoms with Crippen LogP contribution in [0.1, 0.15) is 25.7 Å². The molecule has 0 saturated heterocycles. The van der Waals surface area contributed by atoms with Crippen molar-refractivity contribution >= 4 is 22.4 Å². The maximum atomic E-state index is 11.9. The van der Waals surface area contributed by atoms with Crippen molar-refractivity contribution in [3.63, 3.8) is 0 Å². The molecule has 1 aliphatic carbocycles. The van der Waals surface area contributed by atoms with E-state index in [0.717, 1.165) is 30.7 Å². The number of hydrogen-bond donors (Lipinski definition) is 2. The van der Waals surface area contributed by atoms with Crippen LogP contribution >= 0.6 is 11.3 Å². The zero-order valence-corrected chi connectivity index (χ0v) is 12.9. The van der Waals surface area contributed by atoms with Crippen LogP contribution in [-0.2, 0) is 0 Å². The standard InChI is InChI=1S/C15H18N4O2S/c20-14(19-13-3-1-10-22-13)18-11-4-6-12(7-5-11)21-15-16-8-2-9-17-15/h1-3,8-12H,4-7H2,(H2,18,19,20). The summed E-state index contributed by atoms with van der Waals surface area (Å²) in [6.07, 6.45) is 7.05. The molecule has 2 amide bonds. The van der Waals surface area contributed by atoms with Crippen molar-refractivity contribution in [2.75, 3.05) is 5.32 Å². The Morgan fingerprint density at radius 3 is 2.64 bits per heavy atom. The number of aromatic nitrogens is 2. The normalized spacial score (nSPS) is 21.1. The first-order chi connectivity index (χ1) is 10.8. The minimum atomic E-state index is -0.141. The monoisotopic (exact) mass is 318 g/mol.